The quantitative estimate of drug-likeness (QED) is 0.246. The number of rotatable bonds is 6. The molecule has 216 valence electrons. The van der Waals surface area contributed by atoms with Crippen molar-refractivity contribution in [3.63, 3.8) is 0 Å². The number of hydrogen-bond donors (Lipinski definition) is 3. The third kappa shape index (κ3) is 6.39. The van der Waals surface area contributed by atoms with Gasteiger partial charge in [-0.1, -0.05) is 0 Å². The summed E-state index contributed by atoms with van der Waals surface area (Å²) in [6.07, 6.45) is 4.52. The first-order chi connectivity index (χ1) is 20.9. The summed E-state index contributed by atoms with van der Waals surface area (Å²) in [5.74, 6) is 0.509. The maximum atomic E-state index is 15.3. The summed E-state index contributed by atoms with van der Waals surface area (Å²) < 4.78 is 20.8. The summed E-state index contributed by atoms with van der Waals surface area (Å²) in [7, 11) is 0. The number of morpholine rings is 1. The van der Waals surface area contributed by atoms with E-state index >= 15 is 4.39 Å². The van der Waals surface area contributed by atoms with E-state index in [1.54, 1.807) is 54.9 Å². The van der Waals surface area contributed by atoms with Crippen LogP contribution >= 0.6 is 0 Å². The van der Waals surface area contributed by atoms with Gasteiger partial charge in [0.2, 0.25) is 5.91 Å². The number of hydrogen-bond acceptors (Lipinski definition) is 8. The van der Waals surface area contributed by atoms with Gasteiger partial charge < -0.3 is 25.6 Å². The zero-order valence-corrected chi connectivity index (χ0v) is 23.2. The number of ether oxygens (including phenoxy) is 1. The zero-order valence-electron chi connectivity index (χ0n) is 23.2. The Hall–Kier alpha value is -5.49. The second-order valence-electron chi connectivity index (χ2n) is 9.86. The molecule has 0 unspecified atom stereocenters. The summed E-state index contributed by atoms with van der Waals surface area (Å²) in [4.78, 5) is 43.5. The molecule has 3 amide bonds. The lowest BCUT2D eigenvalue weighted by atomic mass is 10.0. The van der Waals surface area contributed by atoms with Crippen LogP contribution in [0.4, 0.5) is 32.1 Å². The molecule has 43 heavy (non-hydrogen) atoms. The van der Waals surface area contributed by atoms with Gasteiger partial charge in [-0.3, -0.25) is 4.79 Å². The van der Waals surface area contributed by atoms with E-state index in [1.165, 1.54) is 19.3 Å². The van der Waals surface area contributed by atoms with Crippen molar-refractivity contribution in [2.45, 2.75) is 6.92 Å². The molecule has 6 rings (SSSR count). The van der Waals surface area contributed by atoms with Gasteiger partial charge in [-0.2, -0.15) is 0 Å². The molecule has 0 aliphatic carbocycles. The number of amides is 3. The summed E-state index contributed by atoms with van der Waals surface area (Å²) in [6.45, 7) is 3.76. The molecule has 0 bridgehead atoms. The maximum absolute atomic E-state index is 15.3. The molecule has 2 aromatic heterocycles. The molecule has 3 heterocycles. The SMILES string of the molecule is CC(=O)Nc1ccc(NC(=O)Nc2ccc(-c3nc(N4CCOCC4)c4cc(F)c(-c5cncnc5)cc4n3)cc2)cc1. The van der Waals surface area contributed by atoms with Crippen LogP contribution in [0.25, 0.3) is 33.4 Å². The highest BCUT2D eigenvalue weighted by Crippen LogP contribution is 2.33. The number of carbonyl (C=O) groups excluding carboxylic acids is 2. The Bertz CT molecular complexity index is 1780. The Morgan fingerprint density at radius 2 is 1.42 bits per heavy atom. The number of aromatic nitrogens is 4. The summed E-state index contributed by atoms with van der Waals surface area (Å²) in [5.41, 5.74) is 3.98. The first-order valence-corrected chi connectivity index (χ1v) is 13.6. The lowest BCUT2D eigenvalue weighted by Crippen LogP contribution is -2.37. The minimum absolute atomic E-state index is 0.172. The maximum Gasteiger partial charge on any atom is 0.323 e. The Balaban J connectivity index is 1.26. The summed E-state index contributed by atoms with van der Waals surface area (Å²) in [6, 6.07) is 16.7. The van der Waals surface area contributed by atoms with Crippen LogP contribution in [0.15, 0.2) is 79.4 Å². The van der Waals surface area contributed by atoms with Crippen molar-refractivity contribution >= 4 is 45.7 Å². The molecule has 0 radical (unpaired) electrons. The van der Waals surface area contributed by atoms with Crippen LogP contribution in [-0.2, 0) is 9.53 Å². The van der Waals surface area contributed by atoms with E-state index in [-0.39, 0.29) is 5.91 Å². The Labute approximate surface area is 246 Å². The van der Waals surface area contributed by atoms with Gasteiger partial charge in [-0.05, 0) is 60.7 Å². The van der Waals surface area contributed by atoms with E-state index in [2.05, 4.69) is 30.8 Å². The van der Waals surface area contributed by atoms with Crippen LogP contribution in [0.5, 0.6) is 0 Å². The predicted octanol–water partition coefficient (Wildman–Crippen LogP) is 5.33. The van der Waals surface area contributed by atoms with Crippen LogP contribution < -0.4 is 20.9 Å². The highest BCUT2D eigenvalue weighted by atomic mass is 19.1. The number of nitrogens with zero attached hydrogens (tertiary/aromatic N) is 5. The summed E-state index contributed by atoms with van der Waals surface area (Å²) >= 11 is 0. The molecule has 1 aliphatic rings. The van der Waals surface area contributed by atoms with Crippen LogP contribution in [-0.4, -0.2) is 58.2 Å². The van der Waals surface area contributed by atoms with Crippen molar-refractivity contribution in [2.24, 2.45) is 0 Å². The highest BCUT2D eigenvalue weighted by Gasteiger charge is 2.20. The number of fused-ring (bicyclic) bond motifs is 1. The van der Waals surface area contributed by atoms with Crippen LogP contribution in [0.3, 0.4) is 0 Å². The third-order valence-corrected chi connectivity index (χ3v) is 6.81. The average molecular weight is 579 g/mol. The smallest absolute Gasteiger partial charge is 0.323 e. The molecule has 0 spiro atoms. The molecule has 3 N–H and O–H groups in total. The predicted molar refractivity (Wildman–Crippen MR) is 162 cm³/mol. The molecular formula is C31H27FN8O3. The molecule has 1 fully saturated rings. The minimum Gasteiger partial charge on any atom is -0.378 e. The van der Waals surface area contributed by atoms with Crippen molar-refractivity contribution < 1.29 is 18.7 Å². The second kappa shape index (κ2) is 12.2. The van der Waals surface area contributed by atoms with Gasteiger partial charge in [0.05, 0.1) is 18.7 Å². The van der Waals surface area contributed by atoms with Gasteiger partial charge in [0, 0.05) is 71.5 Å². The van der Waals surface area contributed by atoms with Gasteiger partial charge in [-0.25, -0.2) is 29.1 Å². The molecule has 0 saturated carbocycles. The molecule has 1 aliphatic heterocycles. The molecular weight excluding hydrogens is 551 g/mol. The van der Waals surface area contributed by atoms with Crippen molar-refractivity contribution in [3.8, 4) is 22.5 Å². The molecule has 0 atom stereocenters. The minimum atomic E-state index is -0.420. The monoisotopic (exact) mass is 578 g/mol. The van der Waals surface area contributed by atoms with Gasteiger partial charge in [0.15, 0.2) is 5.82 Å². The van der Waals surface area contributed by atoms with E-state index in [4.69, 9.17) is 14.7 Å². The van der Waals surface area contributed by atoms with Crippen molar-refractivity contribution in [1.29, 1.82) is 0 Å². The van der Waals surface area contributed by atoms with E-state index in [0.717, 1.165) is 5.56 Å². The first-order valence-electron chi connectivity index (χ1n) is 13.6. The molecule has 5 aromatic rings. The number of nitrogens with one attached hydrogen (secondary N) is 3. The first kappa shape index (κ1) is 27.7. The van der Waals surface area contributed by atoms with Crippen LogP contribution in [0.1, 0.15) is 6.92 Å². The fourth-order valence-corrected chi connectivity index (χ4v) is 4.77. The normalized spacial score (nSPS) is 13.0. The second-order valence-corrected chi connectivity index (χ2v) is 9.86. The molecule has 12 heteroatoms. The van der Waals surface area contributed by atoms with E-state index in [9.17, 15) is 9.59 Å². The van der Waals surface area contributed by atoms with Crippen LogP contribution in [0.2, 0.25) is 0 Å². The number of anilines is 4. The average Bonchev–Trinajstić information content (AvgIpc) is 3.02. The van der Waals surface area contributed by atoms with Gasteiger partial charge in [-0.15, -0.1) is 0 Å². The standard InChI is InChI=1S/C31H27FN8O3/c1-19(41)35-22-6-8-24(9-7-22)37-31(42)36-23-4-2-20(3-5-23)29-38-28-15-25(21-16-33-18-34-17-21)27(32)14-26(28)30(39-29)40-10-12-43-13-11-40/h2-9,14-18H,10-13H2,1H3,(H,35,41)(H2,36,37,42). The fraction of sp³-hybridized carbons (Fsp3) is 0.161. The molecule has 11 nitrogen and oxygen atoms in total. The third-order valence-electron chi connectivity index (χ3n) is 6.81. The number of benzene rings is 3. The van der Waals surface area contributed by atoms with Crippen molar-refractivity contribution in [3.05, 3.63) is 85.2 Å². The fourth-order valence-electron chi connectivity index (χ4n) is 4.77. The van der Waals surface area contributed by atoms with E-state index in [0.29, 0.717) is 77.0 Å². The van der Waals surface area contributed by atoms with Crippen molar-refractivity contribution in [1.82, 2.24) is 19.9 Å². The zero-order chi connectivity index (χ0) is 29.8. The number of urea groups is 1. The van der Waals surface area contributed by atoms with Gasteiger partial charge in [0.25, 0.3) is 0 Å². The van der Waals surface area contributed by atoms with E-state index in [1.807, 2.05) is 12.1 Å². The Morgan fingerprint density at radius 1 is 0.814 bits per heavy atom. The summed E-state index contributed by atoms with van der Waals surface area (Å²) in [5, 5.41) is 8.85. The van der Waals surface area contributed by atoms with Crippen LogP contribution in [0, 0.1) is 5.82 Å². The topological polar surface area (TPSA) is 134 Å². The highest BCUT2D eigenvalue weighted by molar-refractivity contribution is 6.00. The van der Waals surface area contributed by atoms with Gasteiger partial charge >= 0.3 is 6.03 Å². The Kier molecular flexibility index (Phi) is 7.83. The molecule has 3 aromatic carbocycles. The van der Waals surface area contributed by atoms with Crippen molar-refractivity contribution in [2.75, 3.05) is 47.2 Å². The number of halogens is 1. The lowest BCUT2D eigenvalue weighted by Gasteiger charge is -2.29. The molecule has 1 saturated heterocycles. The van der Waals surface area contributed by atoms with Gasteiger partial charge in [0.1, 0.15) is 18.0 Å². The number of carbonyl (C=O) groups is 2. The Morgan fingerprint density at radius 3 is 2.05 bits per heavy atom. The largest absolute Gasteiger partial charge is 0.378 e. The van der Waals surface area contributed by atoms with E-state index < -0.39 is 11.8 Å². The lowest BCUT2D eigenvalue weighted by molar-refractivity contribution is -0.114.